The van der Waals surface area contributed by atoms with Crippen LogP contribution in [0.4, 0.5) is 0 Å². The SMILES string of the molecule is CC(CON)c1cc2ccccc2s1. The standard InChI is InChI=1S/C11H13NOS/c1-8(7-13-12)11-6-9-4-2-3-5-10(9)14-11/h2-6,8H,7,12H2,1H3. The van der Waals surface area contributed by atoms with E-state index in [1.165, 1.54) is 15.0 Å². The van der Waals surface area contributed by atoms with Crippen molar-refractivity contribution in [1.82, 2.24) is 0 Å². The lowest BCUT2D eigenvalue weighted by molar-refractivity contribution is 0.127. The lowest BCUT2D eigenvalue weighted by Crippen LogP contribution is -2.07. The van der Waals surface area contributed by atoms with E-state index in [9.17, 15) is 0 Å². The minimum absolute atomic E-state index is 0.373. The van der Waals surface area contributed by atoms with E-state index in [-0.39, 0.29) is 0 Å². The molecule has 0 saturated heterocycles. The maximum Gasteiger partial charge on any atom is 0.0753 e. The third-order valence-corrected chi connectivity index (χ3v) is 3.62. The third kappa shape index (κ3) is 1.80. The molecule has 0 aliphatic carbocycles. The van der Waals surface area contributed by atoms with Crippen molar-refractivity contribution in [2.75, 3.05) is 6.61 Å². The van der Waals surface area contributed by atoms with Gasteiger partial charge in [0, 0.05) is 15.5 Å². The lowest BCUT2D eigenvalue weighted by Gasteiger charge is -2.05. The zero-order valence-corrected chi connectivity index (χ0v) is 8.88. The third-order valence-electron chi connectivity index (χ3n) is 2.28. The van der Waals surface area contributed by atoms with Crippen molar-refractivity contribution in [3.63, 3.8) is 0 Å². The summed E-state index contributed by atoms with van der Waals surface area (Å²) in [5.41, 5.74) is 0. The quantitative estimate of drug-likeness (QED) is 0.785. The Labute approximate surface area is 87.3 Å². The molecule has 1 unspecified atom stereocenters. The van der Waals surface area contributed by atoms with Gasteiger partial charge in [0.25, 0.3) is 0 Å². The van der Waals surface area contributed by atoms with Gasteiger partial charge in [-0.2, -0.15) is 0 Å². The first-order valence-electron chi connectivity index (χ1n) is 4.61. The van der Waals surface area contributed by atoms with Crippen LogP contribution in [0, 0.1) is 0 Å². The lowest BCUT2D eigenvalue weighted by atomic mass is 10.1. The summed E-state index contributed by atoms with van der Waals surface area (Å²) < 4.78 is 1.33. The number of hydrogen-bond acceptors (Lipinski definition) is 3. The van der Waals surface area contributed by atoms with Crippen molar-refractivity contribution in [1.29, 1.82) is 0 Å². The zero-order valence-electron chi connectivity index (χ0n) is 8.07. The van der Waals surface area contributed by atoms with Crippen LogP contribution in [0.2, 0.25) is 0 Å². The number of benzene rings is 1. The minimum atomic E-state index is 0.373. The van der Waals surface area contributed by atoms with Gasteiger partial charge in [-0.15, -0.1) is 11.3 Å². The topological polar surface area (TPSA) is 35.2 Å². The summed E-state index contributed by atoms with van der Waals surface area (Å²) in [5, 5.41) is 1.30. The molecule has 0 spiro atoms. The van der Waals surface area contributed by atoms with Gasteiger partial charge < -0.3 is 4.84 Å². The Morgan fingerprint density at radius 3 is 2.93 bits per heavy atom. The van der Waals surface area contributed by atoms with E-state index in [2.05, 4.69) is 42.1 Å². The molecule has 0 aliphatic heterocycles. The van der Waals surface area contributed by atoms with Crippen molar-refractivity contribution >= 4 is 21.4 Å². The van der Waals surface area contributed by atoms with Crippen LogP contribution in [0.15, 0.2) is 30.3 Å². The number of fused-ring (bicyclic) bond motifs is 1. The molecule has 0 amide bonds. The fourth-order valence-corrected chi connectivity index (χ4v) is 2.57. The monoisotopic (exact) mass is 207 g/mol. The molecule has 1 aromatic heterocycles. The maximum absolute atomic E-state index is 5.07. The number of thiophene rings is 1. The van der Waals surface area contributed by atoms with Gasteiger partial charge in [-0.1, -0.05) is 25.1 Å². The highest BCUT2D eigenvalue weighted by Crippen LogP contribution is 2.30. The van der Waals surface area contributed by atoms with Gasteiger partial charge in [-0.05, 0) is 17.5 Å². The van der Waals surface area contributed by atoms with Crippen LogP contribution >= 0.6 is 11.3 Å². The van der Waals surface area contributed by atoms with E-state index in [0.29, 0.717) is 12.5 Å². The van der Waals surface area contributed by atoms with Crippen LogP contribution in [0.3, 0.4) is 0 Å². The Kier molecular flexibility index (Phi) is 2.82. The van der Waals surface area contributed by atoms with E-state index in [0.717, 1.165) is 0 Å². The Bertz CT molecular complexity index is 391. The van der Waals surface area contributed by atoms with Crippen LogP contribution in [0.25, 0.3) is 10.1 Å². The van der Waals surface area contributed by atoms with Crippen molar-refractivity contribution in [3.8, 4) is 0 Å². The molecular weight excluding hydrogens is 194 g/mol. The molecule has 0 saturated carbocycles. The van der Waals surface area contributed by atoms with Gasteiger partial charge in [0.15, 0.2) is 0 Å². The number of hydrogen-bond donors (Lipinski definition) is 1. The van der Waals surface area contributed by atoms with Crippen molar-refractivity contribution < 1.29 is 4.84 Å². The van der Waals surface area contributed by atoms with E-state index < -0.39 is 0 Å². The molecule has 0 aliphatic rings. The molecular formula is C11H13NOS. The number of nitrogens with two attached hydrogens (primary N) is 1. The normalized spacial score (nSPS) is 13.3. The Balaban J connectivity index is 2.35. The predicted octanol–water partition coefficient (Wildman–Crippen LogP) is 2.90. The second kappa shape index (κ2) is 4.09. The zero-order chi connectivity index (χ0) is 9.97. The van der Waals surface area contributed by atoms with Crippen molar-refractivity contribution in [2.24, 2.45) is 5.90 Å². The highest BCUT2D eigenvalue weighted by Gasteiger charge is 2.08. The molecule has 0 radical (unpaired) electrons. The molecule has 74 valence electrons. The van der Waals surface area contributed by atoms with Gasteiger partial charge in [-0.25, -0.2) is 5.90 Å². The van der Waals surface area contributed by atoms with Crippen LogP contribution in [0.1, 0.15) is 17.7 Å². The average molecular weight is 207 g/mol. The average Bonchev–Trinajstić information content (AvgIpc) is 2.61. The van der Waals surface area contributed by atoms with Crippen LogP contribution in [0.5, 0.6) is 0 Å². The summed E-state index contributed by atoms with van der Waals surface area (Å²) in [7, 11) is 0. The first kappa shape index (κ1) is 9.65. The minimum Gasteiger partial charge on any atom is -0.304 e. The van der Waals surface area contributed by atoms with E-state index >= 15 is 0 Å². The first-order valence-corrected chi connectivity index (χ1v) is 5.43. The molecule has 1 heterocycles. The number of rotatable bonds is 3. The van der Waals surface area contributed by atoms with E-state index in [1.54, 1.807) is 0 Å². The molecule has 2 nitrogen and oxygen atoms in total. The van der Waals surface area contributed by atoms with E-state index in [4.69, 9.17) is 5.90 Å². The molecule has 1 aromatic carbocycles. The molecule has 0 bridgehead atoms. The Morgan fingerprint density at radius 2 is 2.21 bits per heavy atom. The highest BCUT2D eigenvalue weighted by molar-refractivity contribution is 7.19. The second-order valence-electron chi connectivity index (χ2n) is 3.42. The second-order valence-corrected chi connectivity index (χ2v) is 4.54. The Hall–Kier alpha value is -0.900. The summed E-state index contributed by atoms with van der Waals surface area (Å²) in [6.45, 7) is 2.70. The van der Waals surface area contributed by atoms with Gasteiger partial charge in [0.2, 0.25) is 0 Å². The predicted molar refractivity (Wildman–Crippen MR) is 60.4 cm³/mol. The molecule has 2 aromatic rings. The summed E-state index contributed by atoms with van der Waals surface area (Å²) >= 11 is 1.81. The fraction of sp³-hybridized carbons (Fsp3) is 0.273. The molecule has 1 atom stereocenters. The van der Waals surface area contributed by atoms with Crippen molar-refractivity contribution in [2.45, 2.75) is 12.8 Å². The Morgan fingerprint density at radius 1 is 1.43 bits per heavy atom. The molecule has 0 fully saturated rings. The smallest absolute Gasteiger partial charge is 0.0753 e. The molecule has 14 heavy (non-hydrogen) atoms. The summed E-state index contributed by atoms with van der Waals surface area (Å²) in [4.78, 5) is 5.99. The largest absolute Gasteiger partial charge is 0.304 e. The maximum atomic E-state index is 5.07. The van der Waals surface area contributed by atoms with Crippen LogP contribution < -0.4 is 5.90 Å². The fourth-order valence-electron chi connectivity index (χ4n) is 1.47. The van der Waals surface area contributed by atoms with Crippen LogP contribution in [-0.4, -0.2) is 6.61 Å². The highest BCUT2D eigenvalue weighted by atomic mass is 32.1. The molecule has 2 N–H and O–H groups in total. The van der Waals surface area contributed by atoms with Gasteiger partial charge in [-0.3, -0.25) is 0 Å². The van der Waals surface area contributed by atoms with Gasteiger partial charge in [0.1, 0.15) is 0 Å². The summed E-state index contributed by atoms with van der Waals surface area (Å²) in [6, 6.07) is 10.6. The van der Waals surface area contributed by atoms with Gasteiger partial charge in [0.05, 0.1) is 6.61 Å². The molecule has 3 heteroatoms. The van der Waals surface area contributed by atoms with E-state index in [1.807, 2.05) is 11.3 Å². The van der Waals surface area contributed by atoms with Crippen molar-refractivity contribution in [3.05, 3.63) is 35.2 Å². The van der Waals surface area contributed by atoms with Crippen LogP contribution in [-0.2, 0) is 4.84 Å². The summed E-state index contributed by atoms with van der Waals surface area (Å²) in [6.07, 6.45) is 0. The summed E-state index contributed by atoms with van der Waals surface area (Å²) in [5.74, 6) is 5.44. The molecule has 2 rings (SSSR count). The van der Waals surface area contributed by atoms with Gasteiger partial charge >= 0.3 is 0 Å². The first-order chi connectivity index (χ1) is 6.81.